The van der Waals surface area contributed by atoms with Gasteiger partial charge in [0.15, 0.2) is 0 Å². The largest absolute Gasteiger partial charge is 0.361 e. The third-order valence-electron chi connectivity index (χ3n) is 5.38. The van der Waals surface area contributed by atoms with Crippen molar-refractivity contribution in [3.63, 3.8) is 0 Å². The first-order chi connectivity index (χ1) is 12.6. The molecule has 1 aliphatic rings. The Balaban J connectivity index is 1.75. The van der Waals surface area contributed by atoms with Crippen molar-refractivity contribution in [2.75, 3.05) is 26.2 Å². The van der Waals surface area contributed by atoms with Gasteiger partial charge in [-0.2, -0.15) is 0 Å². The number of carbonyl (C=O) groups is 1. The van der Waals surface area contributed by atoms with Gasteiger partial charge in [0, 0.05) is 62.6 Å². The van der Waals surface area contributed by atoms with Gasteiger partial charge in [-0.15, -0.1) is 0 Å². The number of carbonyl (C=O) groups excluding carboxylic acids is 1. The molecule has 0 saturated carbocycles. The molecule has 3 aromatic rings. The van der Waals surface area contributed by atoms with Gasteiger partial charge in [0.25, 0.3) is 0 Å². The Bertz CT molecular complexity index is 910. The summed E-state index contributed by atoms with van der Waals surface area (Å²) in [6, 6.07) is 10.7. The molecule has 1 atom stereocenters. The van der Waals surface area contributed by atoms with Crippen molar-refractivity contribution in [1.29, 1.82) is 0 Å². The molecule has 1 N–H and O–H groups in total. The maximum absolute atomic E-state index is 11.7. The first kappa shape index (κ1) is 16.8. The topological polar surface area (TPSA) is 52.2 Å². The number of benzene rings is 1. The summed E-state index contributed by atoms with van der Waals surface area (Å²) in [5.41, 5.74) is 4.90. The number of nitrogens with zero attached hydrogens (tertiary/aromatic N) is 3. The minimum atomic E-state index is 0.133. The lowest BCUT2D eigenvalue weighted by Crippen LogP contribution is -2.49. The first-order valence-electron chi connectivity index (χ1n) is 9.11. The number of aromatic amines is 1. The van der Waals surface area contributed by atoms with Crippen LogP contribution >= 0.6 is 0 Å². The molecule has 1 amide bonds. The predicted molar refractivity (Wildman–Crippen MR) is 103 cm³/mol. The second-order valence-corrected chi connectivity index (χ2v) is 6.97. The number of piperazine rings is 1. The normalized spacial score (nSPS) is 16.8. The smallest absolute Gasteiger partial charge is 0.219 e. The Morgan fingerprint density at radius 3 is 2.65 bits per heavy atom. The third-order valence-corrected chi connectivity index (χ3v) is 5.38. The van der Waals surface area contributed by atoms with Gasteiger partial charge in [-0.3, -0.25) is 14.7 Å². The van der Waals surface area contributed by atoms with Gasteiger partial charge >= 0.3 is 0 Å². The number of aryl methyl sites for hydroxylation is 1. The maximum Gasteiger partial charge on any atom is 0.219 e. The minimum absolute atomic E-state index is 0.133. The summed E-state index contributed by atoms with van der Waals surface area (Å²) in [4.78, 5) is 23.9. The number of amides is 1. The molecule has 0 aliphatic carbocycles. The summed E-state index contributed by atoms with van der Waals surface area (Å²) in [6.07, 6.45) is 5.90. The van der Waals surface area contributed by atoms with E-state index in [-0.39, 0.29) is 11.9 Å². The van der Waals surface area contributed by atoms with Crippen LogP contribution in [0.2, 0.25) is 0 Å². The standard InChI is InChI=1S/C21H24N4O/c1-15-5-3-7-18-19(14-23-20(15)18)21(17-6-4-8-22-13-17)25-11-9-24(10-12-25)16(2)26/h3-8,13-14,21,23H,9-12H2,1-2H3. The summed E-state index contributed by atoms with van der Waals surface area (Å²) >= 11 is 0. The molecule has 5 heteroatoms. The summed E-state index contributed by atoms with van der Waals surface area (Å²) < 4.78 is 0. The average molecular weight is 348 g/mol. The lowest BCUT2D eigenvalue weighted by atomic mass is 9.96. The van der Waals surface area contributed by atoms with E-state index in [1.54, 1.807) is 6.92 Å². The number of fused-ring (bicyclic) bond motifs is 1. The van der Waals surface area contributed by atoms with Crippen molar-refractivity contribution in [3.8, 4) is 0 Å². The highest BCUT2D eigenvalue weighted by atomic mass is 16.2. The Kier molecular flexibility index (Phi) is 4.47. The summed E-state index contributed by atoms with van der Waals surface area (Å²) in [7, 11) is 0. The Morgan fingerprint density at radius 1 is 1.15 bits per heavy atom. The fourth-order valence-corrected chi connectivity index (χ4v) is 3.97. The zero-order valence-corrected chi connectivity index (χ0v) is 15.3. The highest BCUT2D eigenvalue weighted by Crippen LogP contribution is 2.34. The van der Waals surface area contributed by atoms with Crippen LogP contribution in [0.15, 0.2) is 48.9 Å². The van der Waals surface area contributed by atoms with E-state index in [1.807, 2.05) is 23.4 Å². The van der Waals surface area contributed by atoms with Crippen LogP contribution in [0.4, 0.5) is 0 Å². The lowest BCUT2D eigenvalue weighted by Gasteiger charge is -2.39. The molecule has 4 rings (SSSR count). The number of H-pyrrole nitrogens is 1. The van der Waals surface area contributed by atoms with Crippen LogP contribution in [0.5, 0.6) is 0 Å². The van der Waals surface area contributed by atoms with Crippen molar-refractivity contribution >= 4 is 16.8 Å². The number of hydrogen-bond acceptors (Lipinski definition) is 3. The van der Waals surface area contributed by atoms with E-state index >= 15 is 0 Å². The van der Waals surface area contributed by atoms with Gasteiger partial charge in [-0.1, -0.05) is 24.3 Å². The summed E-state index contributed by atoms with van der Waals surface area (Å²) in [5, 5.41) is 1.26. The molecule has 134 valence electrons. The number of aromatic nitrogens is 2. The predicted octanol–water partition coefficient (Wildman–Crippen LogP) is 3.12. The number of nitrogens with one attached hydrogen (secondary N) is 1. The van der Waals surface area contributed by atoms with E-state index in [1.165, 1.54) is 27.6 Å². The van der Waals surface area contributed by atoms with Crippen LogP contribution < -0.4 is 0 Å². The van der Waals surface area contributed by atoms with Crippen molar-refractivity contribution in [2.24, 2.45) is 0 Å². The van der Waals surface area contributed by atoms with Gasteiger partial charge in [-0.05, 0) is 29.7 Å². The molecule has 1 unspecified atom stereocenters. The van der Waals surface area contributed by atoms with Gasteiger partial charge in [-0.25, -0.2) is 0 Å². The second-order valence-electron chi connectivity index (χ2n) is 6.97. The molecule has 1 saturated heterocycles. The van der Waals surface area contributed by atoms with Crippen molar-refractivity contribution in [1.82, 2.24) is 19.8 Å². The molecule has 26 heavy (non-hydrogen) atoms. The number of pyridine rings is 1. The summed E-state index contributed by atoms with van der Waals surface area (Å²) in [6.45, 7) is 7.04. The molecule has 2 aromatic heterocycles. The van der Waals surface area contributed by atoms with Crippen LogP contribution in [0.1, 0.15) is 29.7 Å². The number of para-hydroxylation sites is 1. The molecule has 1 fully saturated rings. The zero-order chi connectivity index (χ0) is 18.1. The van der Waals surface area contributed by atoms with Crippen LogP contribution in [0.3, 0.4) is 0 Å². The van der Waals surface area contributed by atoms with E-state index in [9.17, 15) is 4.79 Å². The fraction of sp³-hybridized carbons (Fsp3) is 0.333. The van der Waals surface area contributed by atoms with Gasteiger partial charge in [0.05, 0.1) is 6.04 Å². The highest BCUT2D eigenvalue weighted by molar-refractivity contribution is 5.86. The molecular weight excluding hydrogens is 324 g/mol. The molecule has 0 spiro atoms. The van der Waals surface area contributed by atoms with E-state index < -0.39 is 0 Å². The average Bonchev–Trinajstić information content (AvgIpc) is 3.09. The Labute approximate surface area is 153 Å². The molecule has 3 heterocycles. The van der Waals surface area contributed by atoms with E-state index in [4.69, 9.17) is 0 Å². The number of rotatable bonds is 3. The third kappa shape index (κ3) is 2.99. The molecule has 0 radical (unpaired) electrons. The fourth-order valence-electron chi connectivity index (χ4n) is 3.97. The van der Waals surface area contributed by atoms with Gasteiger partial charge in [0.1, 0.15) is 0 Å². The molecule has 0 bridgehead atoms. The van der Waals surface area contributed by atoms with E-state index in [2.05, 4.69) is 52.3 Å². The quantitative estimate of drug-likeness (QED) is 0.791. The molecular formula is C21H24N4O. The van der Waals surface area contributed by atoms with Crippen molar-refractivity contribution in [3.05, 3.63) is 65.6 Å². The first-order valence-corrected chi connectivity index (χ1v) is 9.11. The second kappa shape index (κ2) is 6.92. The van der Waals surface area contributed by atoms with Gasteiger partial charge in [0.2, 0.25) is 5.91 Å². The van der Waals surface area contributed by atoms with Crippen LogP contribution in [-0.2, 0) is 4.79 Å². The van der Waals surface area contributed by atoms with Crippen LogP contribution in [-0.4, -0.2) is 51.9 Å². The zero-order valence-electron chi connectivity index (χ0n) is 15.3. The van der Waals surface area contributed by atoms with Crippen molar-refractivity contribution < 1.29 is 4.79 Å². The van der Waals surface area contributed by atoms with E-state index in [0.717, 1.165) is 26.2 Å². The maximum atomic E-state index is 11.7. The Hall–Kier alpha value is -2.66. The van der Waals surface area contributed by atoms with Crippen LogP contribution in [0.25, 0.3) is 10.9 Å². The van der Waals surface area contributed by atoms with Gasteiger partial charge < -0.3 is 9.88 Å². The molecule has 1 aliphatic heterocycles. The number of hydrogen-bond donors (Lipinski definition) is 1. The molecule has 5 nitrogen and oxygen atoms in total. The SMILES string of the molecule is CC(=O)N1CCN(C(c2cccnc2)c2c[nH]c3c(C)cccc23)CC1. The molecule has 1 aromatic carbocycles. The lowest BCUT2D eigenvalue weighted by molar-refractivity contribution is -0.130. The summed E-state index contributed by atoms with van der Waals surface area (Å²) in [5.74, 6) is 0.158. The highest BCUT2D eigenvalue weighted by Gasteiger charge is 2.29. The van der Waals surface area contributed by atoms with Crippen molar-refractivity contribution in [2.45, 2.75) is 19.9 Å². The van der Waals surface area contributed by atoms with Crippen LogP contribution in [0, 0.1) is 6.92 Å². The van der Waals surface area contributed by atoms with E-state index in [0.29, 0.717) is 0 Å². The monoisotopic (exact) mass is 348 g/mol. The minimum Gasteiger partial charge on any atom is -0.361 e. The Morgan fingerprint density at radius 2 is 1.96 bits per heavy atom.